The fraction of sp³-hybridized carbons (Fsp3) is 1.00. The van der Waals surface area contributed by atoms with Gasteiger partial charge in [0.1, 0.15) is 0 Å². The number of rotatable bonds is 6. The fourth-order valence-corrected chi connectivity index (χ4v) is 2.65. The molecule has 1 rings (SSSR count). The summed E-state index contributed by atoms with van der Waals surface area (Å²) in [7, 11) is 4.34. The number of nitrogens with zero attached hydrogens (tertiary/aromatic N) is 1. The maximum Gasteiger partial charge on any atom is 0.0587 e. The van der Waals surface area contributed by atoms with E-state index in [1.165, 1.54) is 6.42 Å². The highest BCUT2D eigenvalue weighted by Crippen LogP contribution is 2.17. The lowest BCUT2D eigenvalue weighted by atomic mass is 9.99. The highest BCUT2D eigenvalue weighted by atomic mass is 16.5. The first-order chi connectivity index (χ1) is 8.04. The summed E-state index contributed by atoms with van der Waals surface area (Å²) in [5.74, 6) is 0.694. The van der Waals surface area contributed by atoms with Crippen molar-refractivity contribution < 1.29 is 4.74 Å². The van der Waals surface area contributed by atoms with Gasteiger partial charge in [-0.1, -0.05) is 20.8 Å². The van der Waals surface area contributed by atoms with Crippen LogP contribution in [0.15, 0.2) is 0 Å². The Kier molecular flexibility index (Phi) is 6.45. The zero-order valence-electron chi connectivity index (χ0n) is 12.2. The molecule has 1 heterocycles. The van der Waals surface area contributed by atoms with E-state index in [0.717, 1.165) is 26.0 Å². The Morgan fingerprint density at radius 3 is 2.59 bits per heavy atom. The average molecular weight is 242 g/mol. The summed E-state index contributed by atoms with van der Waals surface area (Å²) in [4.78, 5) is 2.33. The van der Waals surface area contributed by atoms with E-state index >= 15 is 0 Å². The van der Waals surface area contributed by atoms with Crippen molar-refractivity contribution in [2.24, 2.45) is 5.92 Å². The molecule has 0 bridgehead atoms. The van der Waals surface area contributed by atoms with Gasteiger partial charge in [0.25, 0.3) is 0 Å². The predicted octanol–water partition coefficient (Wildman–Crippen LogP) is 2.12. The largest absolute Gasteiger partial charge is 0.378 e. The van der Waals surface area contributed by atoms with Crippen molar-refractivity contribution >= 4 is 0 Å². The predicted molar refractivity (Wildman–Crippen MR) is 73.4 cm³/mol. The highest BCUT2D eigenvalue weighted by Gasteiger charge is 2.23. The molecular formula is C14H30N2O. The number of ether oxygens (including phenoxy) is 1. The first kappa shape index (κ1) is 14.9. The van der Waals surface area contributed by atoms with Crippen LogP contribution in [0.1, 0.15) is 40.0 Å². The summed E-state index contributed by atoms with van der Waals surface area (Å²) < 4.78 is 5.71. The van der Waals surface area contributed by atoms with Gasteiger partial charge in [0.2, 0.25) is 0 Å². The molecule has 3 unspecified atom stereocenters. The van der Waals surface area contributed by atoms with Crippen molar-refractivity contribution in [1.82, 2.24) is 10.2 Å². The minimum atomic E-state index is 0.470. The molecule has 0 spiro atoms. The topological polar surface area (TPSA) is 24.5 Å². The van der Waals surface area contributed by atoms with E-state index in [9.17, 15) is 0 Å². The molecule has 1 aliphatic rings. The third-order valence-corrected chi connectivity index (χ3v) is 3.87. The fourth-order valence-electron chi connectivity index (χ4n) is 2.65. The van der Waals surface area contributed by atoms with Crippen molar-refractivity contribution in [3.63, 3.8) is 0 Å². The normalized spacial score (nSPS) is 27.7. The monoisotopic (exact) mass is 242 g/mol. The van der Waals surface area contributed by atoms with Crippen molar-refractivity contribution in [2.45, 2.75) is 58.2 Å². The van der Waals surface area contributed by atoms with Crippen LogP contribution >= 0.6 is 0 Å². The molecule has 0 aromatic rings. The third-order valence-electron chi connectivity index (χ3n) is 3.87. The van der Waals surface area contributed by atoms with Crippen molar-refractivity contribution in [1.29, 1.82) is 0 Å². The van der Waals surface area contributed by atoms with Crippen LogP contribution in [-0.2, 0) is 4.74 Å². The van der Waals surface area contributed by atoms with Crippen LogP contribution in [-0.4, -0.2) is 50.3 Å². The van der Waals surface area contributed by atoms with Crippen LogP contribution in [0.2, 0.25) is 0 Å². The van der Waals surface area contributed by atoms with Gasteiger partial charge >= 0.3 is 0 Å². The van der Waals surface area contributed by atoms with Gasteiger partial charge in [-0.15, -0.1) is 0 Å². The standard InChI is InChI=1S/C14H30N2O/c1-6-13-9-12(7-8-17-13)15-10-14(11(2)3)16(4)5/h11-15H,6-10H2,1-5H3. The summed E-state index contributed by atoms with van der Waals surface area (Å²) in [6, 6.07) is 1.27. The molecule has 0 aliphatic carbocycles. The van der Waals surface area contributed by atoms with E-state index in [1.54, 1.807) is 0 Å². The number of nitrogens with one attached hydrogen (secondary N) is 1. The minimum absolute atomic E-state index is 0.470. The maximum atomic E-state index is 5.71. The van der Waals surface area contributed by atoms with E-state index in [-0.39, 0.29) is 0 Å². The lowest BCUT2D eigenvalue weighted by molar-refractivity contribution is -0.00125. The zero-order valence-corrected chi connectivity index (χ0v) is 12.2. The molecular weight excluding hydrogens is 212 g/mol. The lowest BCUT2D eigenvalue weighted by Gasteiger charge is -2.33. The van der Waals surface area contributed by atoms with Gasteiger partial charge < -0.3 is 15.0 Å². The second-order valence-electron chi connectivity index (χ2n) is 5.81. The second-order valence-corrected chi connectivity index (χ2v) is 5.81. The summed E-state index contributed by atoms with van der Waals surface area (Å²) >= 11 is 0. The quantitative estimate of drug-likeness (QED) is 0.772. The van der Waals surface area contributed by atoms with E-state index in [4.69, 9.17) is 4.74 Å². The molecule has 0 radical (unpaired) electrons. The molecule has 3 nitrogen and oxygen atoms in total. The molecule has 1 saturated heterocycles. The molecule has 3 atom stereocenters. The minimum Gasteiger partial charge on any atom is -0.378 e. The molecule has 0 saturated carbocycles. The number of hydrogen-bond donors (Lipinski definition) is 1. The average Bonchev–Trinajstić information content (AvgIpc) is 2.28. The Morgan fingerprint density at radius 1 is 1.35 bits per heavy atom. The maximum absolute atomic E-state index is 5.71. The van der Waals surface area contributed by atoms with E-state index < -0.39 is 0 Å². The van der Waals surface area contributed by atoms with Crippen molar-refractivity contribution in [3.8, 4) is 0 Å². The summed E-state index contributed by atoms with van der Waals surface area (Å²) in [6.45, 7) is 8.82. The first-order valence-electron chi connectivity index (χ1n) is 7.06. The lowest BCUT2D eigenvalue weighted by Crippen LogP contribution is -2.47. The van der Waals surface area contributed by atoms with Crippen LogP contribution in [0.3, 0.4) is 0 Å². The SMILES string of the molecule is CCC1CC(NCC(C(C)C)N(C)C)CCO1. The second kappa shape index (κ2) is 7.34. The Balaban J connectivity index is 2.33. The van der Waals surface area contributed by atoms with Gasteiger partial charge in [0.05, 0.1) is 6.10 Å². The zero-order chi connectivity index (χ0) is 12.8. The van der Waals surface area contributed by atoms with Crippen LogP contribution in [0.4, 0.5) is 0 Å². The molecule has 3 heteroatoms. The Morgan fingerprint density at radius 2 is 2.06 bits per heavy atom. The molecule has 102 valence electrons. The van der Waals surface area contributed by atoms with E-state index in [0.29, 0.717) is 24.1 Å². The van der Waals surface area contributed by atoms with Gasteiger partial charge in [0, 0.05) is 25.2 Å². The molecule has 1 fully saturated rings. The van der Waals surface area contributed by atoms with Crippen LogP contribution in [0, 0.1) is 5.92 Å². The highest BCUT2D eigenvalue weighted by molar-refractivity contribution is 4.80. The third kappa shape index (κ3) is 4.94. The molecule has 1 N–H and O–H groups in total. The summed E-state index contributed by atoms with van der Waals surface area (Å²) in [5, 5.41) is 3.73. The van der Waals surface area contributed by atoms with Gasteiger partial charge in [-0.05, 0) is 39.3 Å². The van der Waals surface area contributed by atoms with Crippen molar-refractivity contribution in [3.05, 3.63) is 0 Å². The number of hydrogen-bond acceptors (Lipinski definition) is 3. The summed E-state index contributed by atoms with van der Waals surface area (Å²) in [5.41, 5.74) is 0. The first-order valence-corrected chi connectivity index (χ1v) is 7.06. The Hall–Kier alpha value is -0.120. The van der Waals surface area contributed by atoms with Gasteiger partial charge in [-0.2, -0.15) is 0 Å². The molecule has 1 aliphatic heterocycles. The van der Waals surface area contributed by atoms with Gasteiger partial charge in [-0.25, -0.2) is 0 Å². The smallest absolute Gasteiger partial charge is 0.0587 e. The molecule has 0 aromatic heterocycles. The Labute approximate surface area is 107 Å². The van der Waals surface area contributed by atoms with Crippen LogP contribution < -0.4 is 5.32 Å². The summed E-state index contributed by atoms with van der Waals surface area (Å²) in [6.07, 6.45) is 3.95. The molecule has 0 aromatic carbocycles. The van der Waals surface area contributed by atoms with Crippen LogP contribution in [0.5, 0.6) is 0 Å². The van der Waals surface area contributed by atoms with Gasteiger partial charge in [-0.3, -0.25) is 0 Å². The Bertz CT molecular complexity index is 198. The van der Waals surface area contributed by atoms with Gasteiger partial charge in [0.15, 0.2) is 0 Å². The van der Waals surface area contributed by atoms with E-state index in [2.05, 4.69) is 45.1 Å². The van der Waals surface area contributed by atoms with E-state index in [1.807, 2.05) is 0 Å². The molecule has 0 amide bonds. The van der Waals surface area contributed by atoms with Crippen molar-refractivity contribution in [2.75, 3.05) is 27.2 Å². The molecule has 17 heavy (non-hydrogen) atoms. The van der Waals surface area contributed by atoms with Crippen LogP contribution in [0.25, 0.3) is 0 Å². The number of likely N-dealkylation sites (N-methyl/N-ethyl adjacent to an activating group) is 1.